The highest BCUT2D eigenvalue weighted by Crippen LogP contribution is 2.19. The van der Waals surface area contributed by atoms with Crippen molar-refractivity contribution in [2.75, 3.05) is 6.54 Å². The fourth-order valence-corrected chi connectivity index (χ4v) is 3.25. The van der Waals surface area contributed by atoms with Gasteiger partial charge in [0.2, 0.25) is 5.91 Å². The summed E-state index contributed by atoms with van der Waals surface area (Å²) in [6.07, 6.45) is 4.54. The maximum atomic E-state index is 12.1. The molecular weight excluding hydrogens is 262 g/mol. The highest BCUT2D eigenvalue weighted by molar-refractivity contribution is 7.09. The number of carboxylic acid groups (broad SMARTS) is 1. The second-order valence-electron chi connectivity index (χ2n) is 4.87. The van der Waals surface area contributed by atoms with Gasteiger partial charge in [0.05, 0.1) is 0 Å². The normalized spacial score (nSPS) is 19.4. The van der Waals surface area contributed by atoms with Crippen LogP contribution in [0.3, 0.4) is 0 Å². The van der Waals surface area contributed by atoms with Crippen LogP contribution >= 0.6 is 11.3 Å². The lowest BCUT2D eigenvalue weighted by molar-refractivity contribution is -0.152. The van der Waals surface area contributed by atoms with E-state index in [-0.39, 0.29) is 5.91 Å². The van der Waals surface area contributed by atoms with Crippen molar-refractivity contribution in [3.8, 4) is 0 Å². The molecule has 1 aromatic rings. The molecule has 5 heteroatoms. The summed E-state index contributed by atoms with van der Waals surface area (Å²) < 4.78 is 0. The second-order valence-corrected chi connectivity index (χ2v) is 5.90. The molecule has 1 atom stereocenters. The molecule has 0 radical (unpaired) electrons. The van der Waals surface area contributed by atoms with Crippen LogP contribution in [0.25, 0.3) is 0 Å². The van der Waals surface area contributed by atoms with Crippen LogP contribution < -0.4 is 0 Å². The number of aryl methyl sites for hydroxylation is 1. The van der Waals surface area contributed by atoms with Gasteiger partial charge in [0.25, 0.3) is 0 Å². The number of hydrogen-bond donors (Lipinski definition) is 1. The number of carboxylic acids is 1. The van der Waals surface area contributed by atoms with E-state index in [9.17, 15) is 9.59 Å². The first-order valence-electron chi connectivity index (χ1n) is 6.73. The maximum Gasteiger partial charge on any atom is 0.326 e. The van der Waals surface area contributed by atoms with E-state index in [0.29, 0.717) is 19.4 Å². The molecule has 1 aliphatic rings. The second kappa shape index (κ2) is 6.70. The van der Waals surface area contributed by atoms with Gasteiger partial charge in [0.15, 0.2) is 0 Å². The summed E-state index contributed by atoms with van der Waals surface area (Å²) in [5.41, 5.74) is 0. The van der Waals surface area contributed by atoms with E-state index in [1.165, 1.54) is 4.88 Å². The Labute approximate surface area is 117 Å². The standard InChI is InChI=1S/C14H19NO3S/c16-13(8-3-5-11-6-4-10-19-11)15-9-2-1-7-12(15)14(17)18/h4,6,10,12H,1-3,5,7-9H2,(H,17,18). The first kappa shape index (κ1) is 14.1. The molecule has 2 rings (SSSR count). The minimum atomic E-state index is -0.869. The van der Waals surface area contributed by atoms with Gasteiger partial charge < -0.3 is 10.0 Å². The summed E-state index contributed by atoms with van der Waals surface area (Å²) in [6.45, 7) is 0.592. The monoisotopic (exact) mass is 281 g/mol. The number of carbonyl (C=O) groups excluding carboxylic acids is 1. The zero-order valence-corrected chi connectivity index (χ0v) is 11.7. The molecule has 1 amide bonds. The summed E-state index contributed by atoms with van der Waals surface area (Å²) in [5.74, 6) is -0.880. The lowest BCUT2D eigenvalue weighted by atomic mass is 10.0. The van der Waals surface area contributed by atoms with Gasteiger partial charge in [0.1, 0.15) is 6.04 Å². The number of likely N-dealkylation sites (tertiary alicyclic amines) is 1. The van der Waals surface area contributed by atoms with Gasteiger partial charge in [0, 0.05) is 17.8 Å². The molecule has 19 heavy (non-hydrogen) atoms. The summed E-state index contributed by atoms with van der Waals surface area (Å²) in [6, 6.07) is 3.46. The number of rotatable bonds is 5. The highest BCUT2D eigenvalue weighted by Gasteiger charge is 2.31. The Kier molecular flexibility index (Phi) is 4.96. The van der Waals surface area contributed by atoms with Crippen molar-refractivity contribution in [2.24, 2.45) is 0 Å². The molecule has 1 N–H and O–H groups in total. The first-order valence-corrected chi connectivity index (χ1v) is 7.61. The van der Waals surface area contributed by atoms with Crippen LogP contribution in [0, 0.1) is 0 Å². The van der Waals surface area contributed by atoms with E-state index in [1.807, 2.05) is 11.4 Å². The number of thiophene rings is 1. The molecule has 0 bridgehead atoms. The minimum Gasteiger partial charge on any atom is -0.480 e. The number of piperidine rings is 1. The summed E-state index contributed by atoms with van der Waals surface area (Å²) >= 11 is 1.70. The molecule has 104 valence electrons. The number of hydrogen-bond acceptors (Lipinski definition) is 3. The van der Waals surface area contributed by atoms with Crippen molar-refractivity contribution in [2.45, 2.75) is 44.6 Å². The van der Waals surface area contributed by atoms with Gasteiger partial charge in [-0.05, 0) is 43.6 Å². The van der Waals surface area contributed by atoms with Crippen LogP contribution in [0.2, 0.25) is 0 Å². The lowest BCUT2D eigenvalue weighted by Gasteiger charge is -2.33. The molecule has 2 heterocycles. The van der Waals surface area contributed by atoms with Gasteiger partial charge >= 0.3 is 5.97 Å². The smallest absolute Gasteiger partial charge is 0.326 e. The van der Waals surface area contributed by atoms with Crippen LogP contribution in [0.15, 0.2) is 17.5 Å². The Balaban J connectivity index is 1.82. The van der Waals surface area contributed by atoms with Crippen LogP contribution in [-0.4, -0.2) is 34.5 Å². The van der Waals surface area contributed by atoms with Crippen LogP contribution in [0.4, 0.5) is 0 Å². The highest BCUT2D eigenvalue weighted by atomic mass is 32.1. The Morgan fingerprint density at radius 1 is 1.42 bits per heavy atom. The summed E-state index contributed by atoms with van der Waals surface area (Å²) in [5, 5.41) is 11.2. The predicted octanol–water partition coefficient (Wildman–Crippen LogP) is 2.54. The van der Waals surface area contributed by atoms with Gasteiger partial charge in [-0.25, -0.2) is 4.79 Å². The zero-order valence-electron chi connectivity index (χ0n) is 10.9. The SMILES string of the molecule is O=C(O)C1CCCCN1C(=O)CCCc1cccs1. The molecule has 1 unspecified atom stereocenters. The van der Waals surface area contributed by atoms with Crippen LogP contribution in [0.1, 0.15) is 37.0 Å². The third-order valence-corrected chi connectivity index (χ3v) is 4.44. The number of nitrogens with zero attached hydrogens (tertiary/aromatic N) is 1. The van der Waals surface area contributed by atoms with Crippen molar-refractivity contribution in [1.29, 1.82) is 0 Å². The van der Waals surface area contributed by atoms with E-state index < -0.39 is 12.0 Å². The fourth-order valence-electron chi connectivity index (χ4n) is 2.50. The van der Waals surface area contributed by atoms with Crippen molar-refractivity contribution in [3.05, 3.63) is 22.4 Å². The van der Waals surface area contributed by atoms with E-state index in [4.69, 9.17) is 5.11 Å². The van der Waals surface area contributed by atoms with Gasteiger partial charge in [-0.1, -0.05) is 6.07 Å². The lowest BCUT2D eigenvalue weighted by Crippen LogP contribution is -2.47. The van der Waals surface area contributed by atoms with Gasteiger partial charge in [-0.3, -0.25) is 4.79 Å². The molecule has 4 nitrogen and oxygen atoms in total. The Morgan fingerprint density at radius 3 is 2.95 bits per heavy atom. The van der Waals surface area contributed by atoms with Gasteiger partial charge in [-0.15, -0.1) is 11.3 Å². The number of amides is 1. The minimum absolute atomic E-state index is 0.0105. The Hall–Kier alpha value is -1.36. The average molecular weight is 281 g/mol. The predicted molar refractivity (Wildman–Crippen MR) is 74.2 cm³/mol. The first-order chi connectivity index (χ1) is 9.18. The molecule has 0 aliphatic carbocycles. The molecular formula is C14H19NO3S. The molecule has 1 saturated heterocycles. The molecule has 0 spiro atoms. The van der Waals surface area contributed by atoms with Gasteiger partial charge in [-0.2, -0.15) is 0 Å². The van der Waals surface area contributed by atoms with E-state index in [0.717, 1.165) is 25.7 Å². The zero-order chi connectivity index (χ0) is 13.7. The van der Waals surface area contributed by atoms with E-state index in [2.05, 4.69) is 6.07 Å². The Bertz CT molecular complexity index is 430. The summed E-state index contributed by atoms with van der Waals surface area (Å²) in [4.78, 5) is 26.1. The molecule has 1 aromatic heterocycles. The maximum absolute atomic E-state index is 12.1. The molecule has 0 aromatic carbocycles. The fraction of sp³-hybridized carbons (Fsp3) is 0.571. The van der Waals surface area contributed by atoms with Crippen LogP contribution in [-0.2, 0) is 16.0 Å². The van der Waals surface area contributed by atoms with Crippen molar-refractivity contribution in [1.82, 2.24) is 4.90 Å². The Morgan fingerprint density at radius 2 is 2.26 bits per heavy atom. The van der Waals surface area contributed by atoms with Crippen molar-refractivity contribution in [3.63, 3.8) is 0 Å². The van der Waals surface area contributed by atoms with E-state index in [1.54, 1.807) is 16.2 Å². The van der Waals surface area contributed by atoms with Crippen molar-refractivity contribution >= 4 is 23.2 Å². The third kappa shape index (κ3) is 3.80. The average Bonchev–Trinajstić information content (AvgIpc) is 2.91. The number of aliphatic carboxylic acids is 1. The summed E-state index contributed by atoms with van der Waals surface area (Å²) in [7, 11) is 0. The van der Waals surface area contributed by atoms with Crippen molar-refractivity contribution < 1.29 is 14.7 Å². The molecule has 1 fully saturated rings. The van der Waals surface area contributed by atoms with E-state index >= 15 is 0 Å². The quantitative estimate of drug-likeness (QED) is 0.902. The third-order valence-electron chi connectivity index (χ3n) is 3.50. The molecule has 0 saturated carbocycles. The van der Waals surface area contributed by atoms with Crippen LogP contribution in [0.5, 0.6) is 0 Å². The topological polar surface area (TPSA) is 57.6 Å². The largest absolute Gasteiger partial charge is 0.480 e. The number of carbonyl (C=O) groups is 2. The molecule has 1 aliphatic heterocycles.